The van der Waals surface area contributed by atoms with Crippen LogP contribution in [0, 0.1) is 5.92 Å². The van der Waals surface area contributed by atoms with Gasteiger partial charge in [-0.15, -0.1) is 0 Å². The third kappa shape index (κ3) is 5.11. The quantitative estimate of drug-likeness (QED) is 0.678. The maximum atomic E-state index is 13.0. The number of piperidine rings is 1. The first kappa shape index (κ1) is 21.0. The second kappa shape index (κ2) is 9.58. The van der Waals surface area contributed by atoms with Crippen molar-refractivity contribution in [3.05, 3.63) is 23.2 Å². The Bertz CT molecular complexity index is 716. The first-order chi connectivity index (χ1) is 12.4. The van der Waals surface area contributed by atoms with Gasteiger partial charge >= 0.3 is 0 Å². The molecule has 1 amide bonds. The lowest BCUT2D eigenvalue weighted by Gasteiger charge is -2.31. The van der Waals surface area contributed by atoms with Gasteiger partial charge in [0.2, 0.25) is 15.9 Å². The molecular formula is C18H27ClN2O4S. The Morgan fingerprint density at radius 3 is 2.62 bits per heavy atom. The average Bonchev–Trinajstić information content (AvgIpc) is 2.63. The lowest BCUT2D eigenvalue weighted by atomic mass is 9.97. The van der Waals surface area contributed by atoms with Gasteiger partial charge in [-0.2, -0.15) is 4.31 Å². The number of sulfonamides is 1. The highest BCUT2D eigenvalue weighted by atomic mass is 35.5. The first-order valence-corrected chi connectivity index (χ1v) is 10.9. The normalized spacial score (nSPS) is 16.4. The van der Waals surface area contributed by atoms with Crippen molar-refractivity contribution >= 4 is 27.5 Å². The first-order valence-electron chi connectivity index (χ1n) is 9.10. The molecule has 0 saturated carbocycles. The molecule has 0 aromatic heterocycles. The van der Waals surface area contributed by atoms with Crippen molar-refractivity contribution in [3.8, 4) is 5.75 Å². The Kier molecular flexibility index (Phi) is 7.73. The molecule has 1 N–H and O–H groups in total. The van der Waals surface area contributed by atoms with Gasteiger partial charge < -0.3 is 10.1 Å². The number of benzene rings is 1. The minimum Gasteiger partial charge on any atom is -0.492 e. The summed E-state index contributed by atoms with van der Waals surface area (Å²) in [6, 6.07) is 4.61. The van der Waals surface area contributed by atoms with E-state index >= 15 is 0 Å². The smallest absolute Gasteiger partial charge is 0.246 e. The van der Waals surface area contributed by atoms with Crippen LogP contribution in [0.5, 0.6) is 5.75 Å². The van der Waals surface area contributed by atoms with Crippen molar-refractivity contribution in [1.82, 2.24) is 9.62 Å². The highest BCUT2D eigenvalue weighted by Crippen LogP contribution is 2.32. The molecule has 1 aliphatic rings. The number of nitrogens with zero attached hydrogens (tertiary/aromatic N) is 1. The van der Waals surface area contributed by atoms with Crippen LogP contribution in [0.4, 0.5) is 0 Å². The van der Waals surface area contributed by atoms with Gasteiger partial charge in [0.15, 0.2) is 0 Å². The van der Waals surface area contributed by atoms with Crippen LogP contribution in [0.3, 0.4) is 0 Å². The van der Waals surface area contributed by atoms with E-state index in [4.69, 9.17) is 16.3 Å². The average molecular weight is 403 g/mol. The number of hydrogen-bond donors (Lipinski definition) is 1. The number of ether oxygens (including phenoxy) is 1. The van der Waals surface area contributed by atoms with E-state index < -0.39 is 10.0 Å². The molecule has 1 heterocycles. The number of amides is 1. The molecule has 1 aromatic rings. The number of nitrogens with one attached hydrogen (secondary N) is 1. The van der Waals surface area contributed by atoms with Gasteiger partial charge in [0.25, 0.3) is 0 Å². The molecule has 1 saturated heterocycles. The van der Waals surface area contributed by atoms with Crippen LogP contribution in [-0.4, -0.2) is 44.9 Å². The second-order valence-electron chi connectivity index (χ2n) is 6.35. The molecule has 26 heavy (non-hydrogen) atoms. The van der Waals surface area contributed by atoms with Crippen LogP contribution < -0.4 is 10.1 Å². The van der Waals surface area contributed by atoms with Crippen LogP contribution in [0.1, 0.15) is 39.5 Å². The molecule has 1 fully saturated rings. The standard InChI is InChI=1S/C18H27ClN2O4S/c1-3-5-10-20-18(22)14-8-11-21(12-9-14)26(23,24)17-13-15(19)6-7-16(17)25-4-2/h6-7,13-14H,3-5,8-12H2,1-2H3,(H,20,22). The Labute approximate surface area is 160 Å². The summed E-state index contributed by atoms with van der Waals surface area (Å²) in [4.78, 5) is 12.2. The molecule has 0 aliphatic carbocycles. The molecule has 0 radical (unpaired) electrons. The van der Waals surface area contributed by atoms with Crippen LogP contribution >= 0.6 is 11.6 Å². The van der Waals surface area contributed by atoms with Crippen molar-refractivity contribution in [1.29, 1.82) is 0 Å². The van der Waals surface area contributed by atoms with Crippen LogP contribution in [0.2, 0.25) is 5.02 Å². The minimum atomic E-state index is -3.72. The summed E-state index contributed by atoms with van der Waals surface area (Å²) < 4.78 is 32.9. The van der Waals surface area contributed by atoms with Gasteiger partial charge in [-0.25, -0.2) is 8.42 Å². The van der Waals surface area contributed by atoms with Crippen LogP contribution in [0.25, 0.3) is 0 Å². The lowest BCUT2D eigenvalue weighted by Crippen LogP contribution is -2.43. The Balaban J connectivity index is 2.06. The van der Waals surface area contributed by atoms with E-state index in [0.29, 0.717) is 49.9 Å². The maximum absolute atomic E-state index is 13.0. The summed E-state index contributed by atoms with van der Waals surface area (Å²) in [6.07, 6.45) is 3.01. The molecule has 146 valence electrons. The van der Waals surface area contributed by atoms with E-state index in [1.165, 1.54) is 10.4 Å². The fourth-order valence-corrected chi connectivity index (χ4v) is 4.85. The fraction of sp³-hybridized carbons (Fsp3) is 0.611. The third-order valence-corrected chi connectivity index (χ3v) is 6.63. The largest absolute Gasteiger partial charge is 0.492 e. The number of carbonyl (C=O) groups is 1. The SMILES string of the molecule is CCCCNC(=O)C1CCN(S(=O)(=O)c2cc(Cl)ccc2OCC)CC1. The van der Waals surface area contributed by atoms with Gasteiger partial charge in [-0.1, -0.05) is 24.9 Å². The molecule has 0 unspecified atom stereocenters. The van der Waals surface area contributed by atoms with E-state index in [2.05, 4.69) is 12.2 Å². The molecule has 6 nitrogen and oxygen atoms in total. The lowest BCUT2D eigenvalue weighted by molar-refractivity contribution is -0.126. The molecular weight excluding hydrogens is 376 g/mol. The number of unbranched alkanes of at least 4 members (excludes halogenated alkanes) is 1. The fourth-order valence-electron chi connectivity index (χ4n) is 2.99. The summed E-state index contributed by atoms with van der Waals surface area (Å²) in [5, 5.41) is 3.27. The highest BCUT2D eigenvalue weighted by molar-refractivity contribution is 7.89. The number of halogens is 1. The van der Waals surface area contributed by atoms with E-state index in [-0.39, 0.29) is 16.7 Å². The van der Waals surface area contributed by atoms with Crippen LogP contribution in [0.15, 0.2) is 23.1 Å². The summed E-state index contributed by atoms with van der Waals surface area (Å²) in [5.41, 5.74) is 0. The zero-order chi connectivity index (χ0) is 19.2. The van der Waals surface area contributed by atoms with Crippen molar-refractivity contribution in [2.75, 3.05) is 26.2 Å². The Hall–Kier alpha value is -1.31. The minimum absolute atomic E-state index is 0.0215. The zero-order valence-corrected chi connectivity index (χ0v) is 16.9. The second-order valence-corrected chi connectivity index (χ2v) is 8.69. The third-order valence-electron chi connectivity index (χ3n) is 4.48. The topological polar surface area (TPSA) is 75.7 Å². The molecule has 0 spiro atoms. The molecule has 2 rings (SSSR count). The molecule has 0 atom stereocenters. The van der Waals surface area contributed by atoms with E-state index in [1.807, 2.05) is 0 Å². The van der Waals surface area contributed by atoms with Crippen molar-refractivity contribution in [3.63, 3.8) is 0 Å². The highest BCUT2D eigenvalue weighted by Gasteiger charge is 2.33. The van der Waals surface area contributed by atoms with Crippen molar-refractivity contribution < 1.29 is 17.9 Å². The van der Waals surface area contributed by atoms with E-state index in [0.717, 1.165) is 12.8 Å². The van der Waals surface area contributed by atoms with Gasteiger partial charge in [-0.3, -0.25) is 4.79 Å². The zero-order valence-electron chi connectivity index (χ0n) is 15.3. The molecule has 8 heteroatoms. The number of carbonyl (C=O) groups excluding carboxylic acids is 1. The summed E-state index contributed by atoms with van der Waals surface area (Å²) >= 11 is 6.00. The van der Waals surface area contributed by atoms with Crippen molar-refractivity contribution in [2.24, 2.45) is 5.92 Å². The predicted octanol–water partition coefficient (Wildman–Crippen LogP) is 3.06. The monoisotopic (exact) mass is 402 g/mol. The predicted molar refractivity (Wildman–Crippen MR) is 102 cm³/mol. The summed E-state index contributed by atoms with van der Waals surface area (Å²) in [5.74, 6) is 0.189. The Morgan fingerprint density at radius 1 is 1.31 bits per heavy atom. The summed E-state index contributed by atoms with van der Waals surface area (Å²) in [7, 11) is -3.72. The van der Waals surface area contributed by atoms with Gasteiger partial charge in [0.1, 0.15) is 10.6 Å². The molecule has 1 aliphatic heterocycles. The Morgan fingerprint density at radius 2 is 2.00 bits per heavy atom. The molecule has 1 aromatic carbocycles. The number of hydrogen-bond acceptors (Lipinski definition) is 4. The van der Waals surface area contributed by atoms with Gasteiger partial charge in [0, 0.05) is 30.6 Å². The maximum Gasteiger partial charge on any atom is 0.246 e. The summed E-state index contributed by atoms with van der Waals surface area (Å²) in [6.45, 7) is 5.53. The van der Waals surface area contributed by atoms with E-state index in [9.17, 15) is 13.2 Å². The van der Waals surface area contributed by atoms with Crippen molar-refractivity contribution in [2.45, 2.75) is 44.4 Å². The van der Waals surface area contributed by atoms with E-state index in [1.54, 1.807) is 19.1 Å². The number of rotatable bonds is 8. The van der Waals surface area contributed by atoms with Gasteiger partial charge in [-0.05, 0) is 44.4 Å². The molecule has 0 bridgehead atoms. The van der Waals surface area contributed by atoms with Crippen LogP contribution in [-0.2, 0) is 14.8 Å². The van der Waals surface area contributed by atoms with Gasteiger partial charge in [0.05, 0.1) is 6.61 Å².